The van der Waals surface area contributed by atoms with E-state index in [0.29, 0.717) is 11.1 Å². The number of nitrogens with one attached hydrogen (secondary N) is 1. The van der Waals surface area contributed by atoms with E-state index in [0.717, 1.165) is 5.56 Å². The van der Waals surface area contributed by atoms with Gasteiger partial charge >= 0.3 is 6.03 Å². The van der Waals surface area contributed by atoms with Crippen molar-refractivity contribution >= 4 is 6.03 Å². The molecule has 0 radical (unpaired) electrons. The van der Waals surface area contributed by atoms with E-state index in [1.807, 2.05) is 6.92 Å². The highest BCUT2D eigenvalue weighted by molar-refractivity contribution is 5.74. The number of rotatable bonds is 4. The third-order valence-electron chi connectivity index (χ3n) is 3.54. The number of carbonyl (C=O) groups excluding carboxylic acids is 1. The molecule has 1 rings (SSSR count). The van der Waals surface area contributed by atoms with Gasteiger partial charge in [0, 0.05) is 7.05 Å². The molecule has 0 aliphatic carbocycles. The summed E-state index contributed by atoms with van der Waals surface area (Å²) in [5.41, 5.74) is 2.00. The molecule has 0 bridgehead atoms. The van der Waals surface area contributed by atoms with Gasteiger partial charge in [-0.2, -0.15) is 0 Å². The average molecular weight is 282 g/mol. The number of carbonyl (C=O) groups is 1. The predicted molar refractivity (Wildman–Crippen MR) is 77.1 cm³/mol. The molecule has 1 aromatic rings. The van der Waals surface area contributed by atoms with Crippen molar-refractivity contribution in [3.63, 3.8) is 0 Å². The number of aryl methyl sites for hydroxylation is 2. The van der Waals surface area contributed by atoms with Crippen molar-refractivity contribution in [2.24, 2.45) is 0 Å². The highest BCUT2D eigenvalue weighted by Crippen LogP contribution is 2.20. The van der Waals surface area contributed by atoms with E-state index >= 15 is 0 Å². The van der Waals surface area contributed by atoms with E-state index in [4.69, 9.17) is 5.11 Å². The van der Waals surface area contributed by atoms with Crippen LogP contribution in [0, 0.1) is 19.7 Å². The minimum absolute atomic E-state index is 0.0902. The van der Waals surface area contributed by atoms with Gasteiger partial charge in [-0.25, -0.2) is 9.18 Å². The van der Waals surface area contributed by atoms with Crippen molar-refractivity contribution in [1.82, 2.24) is 10.2 Å². The molecule has 2 amide bonds. The molecule has 4 nitrogen and oxygen atoms in total. The Bertz CT molecular complexity index is 468. The Morgan fingerprint density at radius 2 is 1.85 bits per heavy atom. The third kappa shape index (κ3) is 3.70. The van der Waals surface area contributed by atoms with Crippen molar-refractivity contribution in [3.8, 4) is 0 Å². The number of hydrogen-bond donors (Lipinski definition) is 2. The van der Waals surface area contributed by atoms with Crippen LogP contribution in [0.4, 0.5) is 9.18 Å². The van der Waals surface area contributed by atoms with Gasteiger partial charge in [-0.05, 0) is 44.4 Å². The zero-order valence-electron chi connectivity index (χ0n) is 12.7. The highest BCUT2D eigenvalue weighted by atomic mass is 19.1. The van der Waals surface area contributed by atoms with Gasteiger partial charge in [-0.1, -0.05) is 12.1 Å². The molecule has 20 heavy (non-hydrogen) atoms. The first-order valence-electron chi connectivity index (χ1n) is 6.68. The van der Waals surface area contributed by atoms with E-state index in [1.54, 1.807) is 40.0 Å². The van der Waals surface area contributed by atoms with Gasteiger partial charge in [0.25, 0.3) is 0 Å². The molecule has 0 aromatic heterocycles. The summed E-state index contributed by atoms with van der Waals surface area (Å²) in [4.78, 5) is 13.4. The zero-order chi connectivity index (χ0) is 15.4. The Hall–Kier alpha value is -1.62. The minimum Gasteiger partial charge on any atom is -0.394 e. The smallest absolute Gasteiger partial charge is 0.317 e. The van der Waals surface area contributed by atoms with Crippen LogP contribution in [0.25, 0.3) is 0 Å². The second kappa shape index (κ2) is 6.70. The number of amides is 2. The standard InChI is InChI=1S/C15H23FN2O2/c1-9-6-13(7-10(2)14(9)16)12(4)17-15(20)18(5)11(3)8-19/h6-7,11-12,19H,8H2,1-5H3,(H,17,20). The number of aliphatic hydroxyl groups is 1. The lowest BCUT2D eigenvalue weighted by Gasteiger charge is -2.26. The van der Waals surface area contributed by atoms with Gasteiger partial charge in [0.2, 0.25) is 0 Å². The normalized spacial score (nSPS) is 13.8. The molecule has 2 unspecified atom stereocenters. The summed E-state index contributed by atoms with van der Waals surface area (Å²) in [6.45, 7) is 6.94. The van der Waals surface area contributed by atoms with Crippen LogP contribution < -0.4 is 5.32 Å². The Labute approximate surface area is 119 Å². The molecule has 1 aromatic carbocycles. The van der Waals surface area contributed by atoms with Crippen molar-refractivity contribution in [3.05, 3.63) is 34.6 Å². The van der Waals surface area contributed by atoms with E-state index in [2.05, 4.69) is 5.32 Å². The molecular formula is C15H23FN2O2. The molecule has 0 saturated carbocycles. The van der Waals surface area contributed by atoms with Gasteiger partial charge in [0.15, 0.2) is 0 Å². The number of benzene rings is 1. The molecule has 0 aliphatic rings. The van der Waals surface area contributed by atoms with Crippen LogP contribution in [0.2, 0.25) is 0 Å². The number of likely N-dealkylation sites (N-methyl/N-ethyl adjacent to an activating group) is 1. The van der Waals surface area contributed by atoms with Crippen LogP contribution in [0.1, 0.15) is 36.6 Å². The first kappa shape index (κ1) is 16.4. The van der Waals surface area contributed by atoms with Gasteiger partial charge in [-0.3, -0.25) is 0 Å². The van der Waals surface area contributed by atoms with Crippen molar-refractivity contribution in [2.45, 2.75) is 39.8 Å². The van der Waals surface area contributed by atoms with Crippen LogP contribution in [-0.4, -0.2) is 35.7 Å². The fourth-order valence-electron chi connectivity index (χ4n) is 1.92. The second-order valence-corrected chi connectivity index (χ2v) is 5.28. The number of urea groups is 1. The van der Waals surface area contributed by atoms with Crippen molar-refractivity contribution < 1.29 is 14.3 Å². The largest absolute Gasteiger partial charge is 0.394 e. The van der Waals surface area contributed by atoms with Gasteiger partial charge < -0.3 is 15.3 Å². The molecule has 0 aliphatic heterocycles. The lowest BCUT2D eigenvalue weighted by molar-refractivity contribution is 0.155. The summed E-state index contributed by atoms with van der Waals surface area (Å²) in [7, 11) is 1.63. The summed E-state index contributed by atoms with van der Waals surface area (Å²) in [6, 6.07) is 2.73. The summed E-state index contributed by atoms with van der Waals surface area (Å²) in [6.07, 6.45) is 0. The van der Waals surface area contributed by atoms with Crippen LogP contribution >= 0.6 is 0 Å². The summed E-state index contributed by atoms with van der Waals surface area (Å²) in [5.74, 6) is -0.210. The SMILES string of the molecule is Cc1cc(C(C)NC(=O)N(C)C(C)CO)cc(C)c1F. The lowest BCUT2D eigenvalue weighted by atomic mass is 10.0. The van der Waals surface area contributed by atoms with Crippen LogP contribution in [0.5, 0.6) is 0 Å². The maximum absolute atomic E-state index is 13.6. The molecule has 0 fully saturated rings. The number of hydrogen-bond acceptors (Lipinski definition) is 2. The van der Waals surface area contributed by atoms with E-state index < -0.39 is 0 Å². The van der Waals surface area contributed by atoms with Gasteiger partial charge in [-0.15, -0.1) is 0 Å². The number of halogens is 1. The first-order valence-corrected chi connectivity index (χ1v) is 6.68. The molecule has 5 heteroatoms. The molecule has 0 spiro atoms. The Morgan fingerprint density at radius 3 is 2.30 bits per heavy atom. The van der Waals surface area contributed by atoms with Crippen molar-refractivity contribution in [1.29, 1.82) is 0 Å². The summed E-state index contributed by atoms with van der Waals surface area (Å²) in [5, 5.41) is 11.9. The minimum atomic E-state index is -0.265. The fourth-order valence-corrected chi connectivity index (χ4v) is 1.92. The van der Waals surface area contributed by atoms with E-state index in [-0.39, 0.29) is 30.5 Å². The quantitative estimate of drug-likeness (QED) is 0.891. The number of aliphatic hydroxyl groups excluding tert-OH is 1. The third-order valence-corrected chi connectivity index (χ3v) is 3.54. The van der Waals surface area contributed by atoms with Crippen LogP contribution in [0.15, 0.2) is 12.1 Å². The molecule has 2 N–H and O–H groups in total. The molecule has 0 saturated heterocycles. The van der Waals surface area contributed by atoms with Crippen molar-refractivity contribution in [2.75, 3.05) is 13.7 Å². The molecule has 2 atom stereocenters. The highest BCUT2D eigenvalue weighted by Gasteiger charge is 2.18. The Balaban J connectivity index is 2.81. The monoisotopic (exact) mass is 282 g/mol. The second-order valence-electron chi connectivity index (χ2n) is 5.28. The average Bonchev–Trinajstić information content (AvgIpc) is 2.42. The summed E-state index contributed by atoms with van der Waals surface area (Å²) >= 11 is 0. The maximum Gasteiger partial charge on any atom is 0.317 e. The summed E-state index contributed by atoms with van der Waals surface area (Å²) < 4.78 is 13.6. The Morgan fingerprint density at radius 1 is 1.35 bits per heavy atom. The van der Waals surface area contributed by atoms with Crippen LogP contribution in [-0.2, 0) is 0 Å². The zero-order valence-corrected chi connectivity index (χ0v) is 12.7. The van der Waals surface area contributed by atoms with Crippen LogP contribution in [0.3, 0.4) is 0 Å². The number of nitrogens with zero attached hydrogens (tertiary/aromatic N) is 1. The maximum atomic E-state index is 13.6. The Kier molecular flexibility index (Phi) is 5.51. The first-order chi connectivity index (χ1) is 9.27. The topological polar surface area (TPSA) is 52.6 Å². The van der Waals surface area contributed by atoms with E-state index in [9.17, 15) is 9.18 Å². The predicted octanol–water partition coefficient (Wildman–Crippen LogP) is 2.53. The van der Waals surface area contributed by atoms with E-state index in [1.165, 1.54) is 4.90 Å². The lowest BCUT2D eigenvalue weighted by Crippen LogP contribution is -2.44. The van der Waals surface area contributed by atoms with Gasteiger partial charge in [0.05, 0.1) is 18.7 Å². The van der Waals surface area contributed by atoms with Gasteiger partial charge in [0.1, 0.15) is 5.82 Å². The molecular weight excluding hydrogens is 259 g/mol. The fraction of sp³-hybridized carbons (Fsp3) is 0.533. The molecule has 112 valence electrons. The molecule has 0 heterocycles.